The molecule has 0 saturated carbocycles. The van der Waals surface area contributed by atoms with Gasteiger partial charge in [-0.2, -0.15) is 0 Å². The first-order chi connectivity index (χ1) is 12.2. The van der Waals surface area contributed by atoms with Gasteiger partial charge in [0.25, 0.3) is 0 Å². The molecule has 0 spiro atoms. The molecule has 2 amide bonds. The van der Waals surface area contributed by atoms with Crippen molar-refractivity contribution in [2.45, 2.75) is 18.9 Å². The molecule has 5 nitrogen and oxygen atoms in total. The highest BCUT2D eigenvalue weighted by molar-refractivity contribution is 8.00. The predicted octanol–water partition coefficient (Wildman–Crippen LogP) is 2.81. The molecule has 1 atom stereocenters. The molecule has 1 saturated heterocycles. The molecule has 0 radical (unpaired) electrons. The van der Waals surface area contributed by atoms with E-state index in [4.69, 9.17) is 4.74 Å². The van der Waals surface area contributed by atoms with Crippen LogP contribution in [0.25, 0.3) is 10.8 Å². The molecule has 0 bridgehead atoms. The van der Waals surface area contributed by atoms with Crippen molar-refractivity contribution in [3.05, 3.63) is 42.5 Å². The maximum Gasteiger partial charge on any atom is 0.234 e. The summed E-state index contributed by atoms with van der Waals surface area (Å²) in [5.41, 5.74) is 0.770. The Hall–Kier alpha value is -2.05. The van der Waals surface area contributed by atoms with Crippen LogP contribution < -0.4 is 10.6 Å². The van der Waals surface area contributed by atoms with Crippen LogP contribution in [0.1, 0.15) is 12.8 Å². The van der Waals surface area contributed by atoms with Gasteiger partial charge in [-0.1, -0.05) is 30.3 Å². The molecule has 6 heteroatoms. The van der Waals surface area contributed by atoms with E-state index in [1.807, 2.05) is 42.5 Å². The monoisotopic (exact) mass is 358 g/mol. The van der Waals surface area contributed by atoms with E-state index in [2.05, 4.69) is 10.6 Å². The van der Waals surface area contributed by atoms with Gasteiger partial charge in [0.2, 0.25) is 11.8 Å². The summed E-state index contributed by atoms with van der Waals surface area (Å²) >= 11 is 1.31. The lowest BCUT2D eigenvalue weighted by molar-refractivity contribution is -0.119. The van der Waals surface area contributed by atoms with E-state index in [1.54, 1.807) is 0 Å². The Morgan fingerprint density at radius 3 is 2.68 bits per heavy atom. The molecule has 3 rings (SSSR count). The molecule has 1 heterocycles. The second-order valence-electron chi connectivity index (χ2n) is 6.04. The average molecular weight is 358 g/mol. The Labute approximate surface area is 151 Å². The van der Waals surface area contributed by atoms with Gasteiger partial charge in [-0.05, 0) is 35.7 Å². The molecular formula is C19H22N2O3S. The van der Waals surface area contributed by atoms with Crippen LogP contribution in [0.3, 0.4) is 0 Å². The van der Waals surface area contributed by atoms with Gasteiger partial charge in [-0.15, -0.1) is 11.8 Å². The maximum atomic E-state index is 12.0. The number of thioether (sulfide) groups is 1. The fraction of sp³-hybridized carbons (Fsp3) is 0.368. The van der Waals surface area contributed by atoms with Crippen molar-refractivity contribution in [1.29, 1.82) is 0 Å². The van der Waals surface area contributed by atoms with Gasteiger partial charge in [0.05, 0.1) is 17.6 Å². The third-order valence-electron chi connectivity index (χ3n) is 4.05. The first-order valence-corrected chi connectivity index (χ1v) is 9.61. The molecule has 2 N–H and O–H groups in total. The Kier molecular flexibility index (Phi) is 6.30. The molecule has 1 fully saturated rings. The molecule has 132 valence electrons. The molecule has 0 aliphatic carbocycles. The van der Waals surface area contributed by atoms with Crippen molar-refractivity contribution in [2.24, 2.45) is 0 Å². The normalized spacial score (nSPS) is 16.7. The van der Waals surface area contributed by atoms with Crippen LogP contribution in [-0.2, 0) is 14.3 Å². The first-order valence-electron chi connectivity index (χ1n) is 8.45. The van der Waals surface area contributed by atoms with Crippen LogP contribution in [-0.4, -0.2) is 42.6 Å². The van der Waals surface area contributed by atoms with E-state index in [0.29, 0.717) is 6.54 Å². The summed E-state index contributed by atoms with van der Waals surface area (Å²) in [7, 11) is 0. The lowest BCUT2D eigenvalue weighted by Gasteiger charge is -2.10. The van der Waals surface area contributed by atoms with Crippen molar-refractivity contribution in [3.8, 4) is 0 Å². The average Bonchev–Trinajstić information content (AvgIpc) is 3.13. The predicted molar refractivity (Wildman–Crippen MR) is 102 cm³/mol. The van der Waals surface area contributed by atoms with Crippen LogP contribution in [0.4, 0.5) is 5.69 Å². The zero-order chi connectivity index (χ0) is 17.5. The number of carbonyl (C=O) groups is 2. The van der Waals surface area contributed by atoms with E-state index in [-0.39, 0.29) is 29.4 Å². The van der Waals surface area contributed by atoms with Crippen molar-refractivity contribution in [2.75, 3.05) is 30.0 Å². The van der Waals surface area contributed by atoms with Crippen molar-refractivity contribution in [1.82, 2.24) is 5.32 Å². The van der Waals surface area contributed by atoms with Crippen LogP contribution >= 0.6 is 11.8 Å². The van der Waals surface area contributed by atoms with Gasteiger partial charge in [-0.25, -0.2) is 0 Å². The van der Waals surface area contributed by atoms with Gasteiger partial charge < -0.3 is 15.4 Å². The fourth-order valence-electron chi connectivity index (χ4n) is 2.78. The first kappa shape index (κ1) is 17.8. The maximum absolute atomic E-state index is 12.0. The molecule has 1 aliphatic rings. The smallest absolute Gasteiger partial charge is 0.234 e. The number of benzene rings is 2. The highest BCUT2D eigenvalue weighted by Crippen LogP contribution is 2.19. The summed E-state index contributed by atoms with van der Waals surface area (Å²) in [5, 5.41) is 7.95. The molecular weight excluding hydrogens is 336 g/mol. The summed E-state index contributed by atoms with van der Waals surface area (Å²) in [4.78, 5) is 23.8. The van der Waals surface area contributed by atoms with Gasteiger partial charge in [0.15, 0.2) is 0 Å². The van der Waals surface area contributed by atoms with Crippen LogP contribution in [0, 0.1) is 0 Å². The Balaban J connectivity index is 1.37. The largest absolute Gasteiger partial charge is 0.376 e. The summed E-state index contributed by atoms with van der Waals surface area (Å²) < 4.78 is 5.46. The number of hydrogen-bond acceptors (Lipinski definition) is 4. The van der Waals surface area contributed by atoms with E-state index >= 15 is 0 Å². The van der Waals surface area contributed by atoms with Crippen LogP contribution in [0.15, 0.2) is 42.5 Å². The van der Waals surface area contributed by atoms with E-state index in [1.165, 1.54) is 11.8 Å². The standard InChI is InChI=1S/C19H22N2O3S/c22-18(20-11-17-6-3-9-24-17)12-25-13-19(23)21-16-8-7-14-4-1-2-5-15(14)10-16/h1-2,4-5,7-8,10,17H,3,6,9,11-13H2,(H,20,22)(H,21,23)/t17-/m0/s1. The summed E-state index contributed by atoms with van der Waals surface area (Å²) in [6.07, 6.45) is 2.20. The Morgan fingerprint density at radius 2 is 1.88 bits per heavy atom. The highest BCUT2D eigenvalue weighted by atomic mass is 32.2. The van der Waals surface area contributed by atoms with E-state index in [0.717, 1.165) is 35.9 Å². The minimum Gasteiger partial charge on any atom is -0.376 e. The van der Waals surface area contributed by atoms with Crippen molar-refractivity contribution in [3.63, 3.8) is 0 Å². The zero-order valence-corrected chi connectivity index (χ0v) is 14.8. The second kappa shape index (κ2) is 8.87. The third kappa shape index (κ3) is 5.47. The zero-order valence-electron chi connectivity index (χ0n) is 14.0. The topological polar surface area (TPSA) is 67.4 Å². The molecule has 25 heavy (non-hydrogen) atoms. The lowest BCUT2D eigenvalue weighted by Crippen LogP contribution is -2.33. The number of amides is 2. The number of nitrogens with one attached hydrogen (secondary N) is 2. The van der Waals surface area contributed by atoms with Crippen molar-refractivity contribution >= 4 is 40.0 Å². The molecule has 0 aromatic heterocycles. The highest BCUT2D eigenvalue weighted by Gasteiger charge is 2.16. The number of hydrogen-bond donors (Lipinski definition) is 2. The third-order valence-corrected chi connectivity index (χ3v) is 4.98. The Bertz CT molecular complexity index is 744. The molecule has 2 aromatic carbocycles. The summed E-state index contributed by atoms with van der Waals surface area (Å²) in [6.45, 7) is 1.34. The molecule has 2 aromatic rings. The number of rotatable bonds is 7. The van der Waals surface area contributed by atoms with Crippen LogP contribution in [0.2, 0.25) is 0 Å². The van der Waals surface area contributed by atoms with Gasteiger partial charge in [0.1, 0.15) is 0 Å². The van der Waals surface area contributed by atoms with Crippen LogP contribution in [0.5, 0.6) is 0 Å². The SMILES string of the molecule is O=C(CSCC(=O)Nc1ccc2ccccc2c1)NC[C@@H]1CCCO1. The van der Waals surface area contributed by atoms with Crippen molar-refractivity contribution < 1.29 is 14.3 Å². The fourth-order valence-corrected chi connectivity index (χ4v) is 3.43. The van der Waals surface area contributed by atoms with Gasteiger partial charge in [-0.3, -0.25) is 9.59 Å². The summed E-state index contributed by atoms with van der Waals surface area (Å²) in [6, 6.07) is 13.8. The van der Waals surface area contributed by atoms with E-state index < -0.39 is 0 Å². The second-order valence-corrected chi connectivity index (χ2v) is 7.03. The number of anilines is 1. The van der Waals surface area contributed by atoms with Gasteiger partial charge >= 0.3 is 0 Å². The molecule has 0 unspecified atom stereocenters. The number of ether oxygens (including phenoxy) is 1. The Morgan fingerprint density at radius 1 is 1.08 bits per heavy atom. The number of carbonyl (C=O) groups excluding carboxylic acids is 2. The lowest BCUT2D eigenvalue weighted by atomic mass is 10.1. The minimum absolute atomic E-state index is 0.0565. The minimum atomic E-state index is -0.104. The quantitative estimate of drug-likeness (QED) is 0.799. The summed E-state index contributed by atoms with van der Waals surface area (Å²) in [5.74, 6) is 0.365. The van der Waals surface area contributed by atoms with Gasteiger partial charge in [0, 0.05) is 18.8 Å². The van der Waals surface area contributed by atoms with E-state index in [9.17, 15) is 9.59 Å². The number of fused-ring (bicyclic) bond motifs is 1. The molecule has 1 aliphatic heterocycles.